The van der Waals surface area contributed by atoms with Crippen LogP contribution in [0.25, 0.3) is 0 Å². The average molecular weight is 381 g/mol. The zero-order chi connectivity index (χ0) is 20.4. The summed E-state index contributed by atoms with van der Waals surface area (Å²) in [7, 11) is 0. The molecular weight excluding hydrogens is 336 g/mol. The summed E-state index contributed by atoms with van der Waals surface area (Å²) in [5.41, 5.74) is -0.513. The zero-order valence-corrected chi connectivity index (χ0v) is 18.5. The highest BCUT2D eigenvalue weighted by molar-refractivity contribution is 5.95. The molecule has 0 aliphatic rings. The van der Waals surface area contributed by atoms with Crippen molar-refractivity contribution in [2.75, 3.05) is 0 Å². The van der Waals surface area contributed by atoms with Crippen LogP contribution < -0.4 is 0 Å². The van der Waals surface area contributed by atoms with Crippen molar-refractivity contribution in [1.29, 1.82) is 0 Å². The molecular formula is C24H44O3. The Morgan fingerprint density at radius 2 is 1.22 bits per heavy atom. The summed E-state index contributed by atoms with van der Waals surface area (Å²) in [6.07, 6.45) is 21.3. The Morgan fingerprint density at radius 1 is 0.741 bits per heavy atom. The number of carbonyl (C=O) groups excluding carboxylic acids is 2. The zero-order valence-electron chi connectivity index (χ0n) is 18.5. The predicted octanol–water partition coefficient (Wildman–Crippen LogP) is 7.32. The van der Waals surface area contributed by atoms with Crippen LogP contribution >= 0.6 is 0 Å². The summed E-state index contributed by atoms with van der Waals surface area (Å²) in [6, 6.07) is 0. The van der Waals surface area contributed by atoms with Crippen LogP contribution in [0.5, 0.6) is 0 Å². The Bertz CT molecular complexity index is 404. The van der Waals surface area contributed by atoms with E-state index in [2.05, 4.69) is 19.1 Å². The van der Waals surface area contributed by atoms with E-state index < -0.39 is 11.6 Å². The molecule has 0 aromatic rings. The number of Topliss-reactive ketones (excluding diaryl/α,β-unsaturated/α-hetero) is 1. The van der Waals surface area contributed by atoms with Crippen LogP contribution in [0.2, 0.25) is 0 Å². The van der Waals surface area contributed by atoms with E-state index in [4.69, 9.17) is 4.74 Å². The lowest BCUT2D eigenvalue weighted by Gasteiger charge is -2.19. The first-order chi connectivity index (χ1) is 12.8. The number of ether oxygens (including phenoxy) is 1. The molecule has 0 aliphatic heterocycles. The number of allylic oxidation sites excluding steroid dienone is 2. The van der Waals surface area contributed by atoms with Crippen molar-refractivity contribution < 1.29 is 14.3 Å². The SMILES string of the molecule is CCCCCCCC/C=C/CCCCCCCC(=O)CC(=O)OC(C)(C)C. The maximum atomic E-state index is 11.8. The second kappa shape index (κ2) is 17.0. The summed E-state index contributed by atoms with van der Waals surface area (Å²) in [5, 5.41) is 0. The van der Waals surface area contributed by atoms with Gasteiger partial charge in [0.2, 0.25) is 0 Å². The van der Waals surface area contributed by atoms with Crippen LogP contribution in [0, 0.1) is 0 Å². The van der Waals surface area contributed by atoms with E-state index in [9.17, 15) is 9.59 Å². The number of unbranched alkanes of at least 4 members (excludes halogenated alkanes) is 11. The monoisotopic (exact) mass is 380 g/mol. The van der Waals surface area contributed by atoms with E-state index in [1.54, 1.807) is 0 Å². The number of carbonyl (C=O) groups is 2. The van der Waals surface area contributed by atoms with Crippen molar-refractivity contribution in [3.8, 4) is 0 Å². The Labute approximate surface area is 168 Å². The van der Waals surface area contributed by atoms with Crippen LogP contribution in [0.3, 0.4) is 0 Å². The molecule has 0 saturated carbocycles. The second-order valence-corrected chi connectivity index (χ2v) is 8.64. The third-order valence-electron chi connectivity index (χ3n) is 4.48. The normalized spacial score (nSPS) is 11.9. The van der Waals surface area contributed by atoms with Gasteiger partial charge in [-0.15, -0.1) is 0 Å². The highest BCUT2D eigenvalue weighted by atomic mass is 16.6. The van der Waals surface area contributed by atoms with Gasteiger partial charge in [-0.3, -0.25) is 9.59 Å². The molecule has 0 aromatic heterocycles. The fraction of sp³-hybridized carbons (Fsp3) is 0.833. The Hall–Kier alpha value is -1.12. The van der Waals surface area contributed by atoms with Gasteiger partial charge < -0.3 is 4.74 Å². The van der Waals surface area contributed by atoms with Crippen LogP contribution in [-0.2, 0) is 14.3 Å². The van der Waals surface area contributed by atoms with Gasteiger partial charge in [0.05, 0.1) is 0 Å². The van der Waals surface area contributed by atoms with E-state index in [-0.39, 0.29) is 12.2 Å². The molecule has 0 rings (SSSR count). The quantitative estimate of drug-likeness (QED) is 0.115. The van der Waals surface area contributed by atoms with Gasteiger partial charge in [0.1, 0.15) is 17.8 Å². The van der Waals surface area contributed by atoms with Gasteiger partial charge >= 0.3 is 5.97 Å². The van der Waals surface area contributed by atoms with Crippen molar-refractivity contribution in [3.05, 3.63) is 12.2 Å². The fourth-order valence-corrected chi connectivity index (χ4v) is 3.02. The molecule has 0 radical (unpaired) electrons. The molecule has 0 unspecified atom stereocenters. The van der Waals surface area contributed by atoms with Crippen molar-refractivity contribution in [2.24, 2.45) is 0 Å². The topological polar surface area (TPSA) is 43.4 Å². The predicted molar refractivity (Wildman–Crippen MR) is 115 cm³/mol. The first-order valence-corrected chi connectivity index (χ1v) is 11.2. The van der Waals surface area contributed by atoms with Gasteiger partial charge in [-0.2, -0.15) is 0 Å². The molecule has 0 aliphatic carbocycles. The second-order valence-electron chi connectivity index (χ2n) is 8.64. The lowest BCUT2D eigenvalue weighted by molar-refractivity contribution is -0.156. The maximum Gasteiger partial charge on any atom is 0.313 e. The highest BCUT2D eigenvalue weighted by Gasteiger charge is 2.18. The number of hydrogen-bond donors (Lipinski definition) is 0. The molecule has 0 N–H and O–H groups in total. The van der Waals surface area contributed by atoms with Crippen LogP contribution in [0.4, 0.5) is 0 Å². The van der Waals surface area contributed by atoms with Gasteiger partial charge in [0.15, 0.2) is 0 Å². The van der Waals surface area contributed by atoms with Crippen LogP contribution in [0.1, 0.15) is 124 Å². The van der Waals surface area contributed by atoms with E-state index in [0.717, 1.165) is 12.8 Å². The largest absolute Gasteiger partial charge is 0.460 e. The number of ketones is 1. The smallest absolute Gasteiger partial charge is 0.313 e. The van der Waals surface area contributed by atoms with Crippen LogP contribution in [0.15, 0.2) is 12.2 Å². The molecule has 158 valence electrons. The molecule has 27 heavy (non-hydrogen) atoms. The Kier molecular flexibility index (Phi) is 16.3. The molecule has 3 nitrogen and oxygen atoms in total. The van der Waals surface area contributed by atoms with Crippen molar-refractivity contribution in [1.82, 2.24) is 0 Å². The molecule has 0 atom stereocenters. The lowest BCUT2D eigenvalue weighted by atomic mass is 10.1. The standard InChI is InChI=1S/C24H44O3/c1-5-6-7-8-9-10-11-12-13-14-15-16-17-18-19-20-22(25)21-23(26)27-24(2,3)4/h12-13H,5-11,14-21H2,1-4H3/b13-12+. The van der Waals surface area contributed by atoms with Gasteiger partial charge in [0.25, 0.3) is 0 Å². The number of esters is 1. The summed E-state index contributed by atoms with van der Waals surface area (Å²) in [5.74, 6) is -0.401. The maximum absolute atomic E-state index is 11.8. The Balaban J connectivity index is 3.38. The minimum Gasteiger partial charge on any atom is -0.460 e. The van der Waals surface area contributed by atoms with Gasteiger partial charge in [-0.05, 0) is 52.9 Å². The van der Waals surface area contributed by atoms with Crippen molar-refractivity contribution in [3.63, 3.8) is 0 Å². The number of hydrogen-bond acceptors (Lipinski definition) is 3. The van der Waals surface area contributed by atoms with Gasteiger partial charge in [-0.1, -0.05) is 70.4 Å². The van der Waals surface area contributed by atoms with E-state index in [1.165, 1.54) is 70.6 Å². The van der Waals surface area contributed by atoms with Gasteiger partial charge in [-0.25, -0.2) is 0 Å². The molecule has 0 amide bonds. The highest BCUT2D eigenvalue weighted by Crippen LogP contribution is 2.12. The molecule has 3 heteroatoms. The van der Waals surface area contributed by atoms with E-state index in [1.807, 2.05) is 20.8 Å². The summed E-state index contributed by atoms with van der Waals surface area (Å²) in [4.78, 5) is 23.3. The fourth-order valence-electron chi connectivity index (χ4n) is 3.02. The van der Waals surface area contributed by atoms with Crippen molar-refractivity contribution >= 4 is 11.8 Å². The molecule has 0 bridgehead atoms. The van der Waals surface area contributed by atoms with Crippen LogP contribution in [-0.4, -0.2) is 17.4 Å². The third kappa shape index (κ3) is 21.0. The molecule has 0 heterocycles. The molecule has 0 saturated heterocycles. The summed E-state index contributed by atoms with van der Waals surface area (Å²) in [6.45, 7) is 7.71. The molecule has 0 fully saturated rings. The molecule has 0 spiro atoms. The number of rotatable bonds is 17. The Morgan fingerprint density at radius 3 is 1.74 bits per heavy atom. The van der Waals surface area contributed by atoms with E-state index >= 15 is 0 Å². The first kappa shape index (κ1) is 25.9. The third-order valence-corrected chi connectivity index (χ3v) is 4.48. The minimum absolute atomic E-state index is 0.00174. The van der Waals surface area contributed by atoms with E-state index in [0.29, 0.717) is 6.42 Å². The first-order valence-electron chi connectivity index (χ1n) is 11.2. The van der Waals surface area contributed by atoms with Gasteiger partial charge in [0, 0.05) is 6.42 Å². The lowest BCUT2D eigenvalue weighted by Crippen LogP contribution is -2.25. The molecule has 0 aromatic carbocycles. The van der Waals surface area contributed by atoms with Crippen molar-refractivity contribution in [2.45, 2.75) is 130 Å². The average Bonchev–Trinajstić information content (AvgIpc) is 2.56. The summed E-state index contributed by atoms with van der Waals surface area (Å²) >= 11 is 0. The minimum atomic E-state index is -0.513. The summed E-state index contributed by atoms with van der Waals surface area (Å²) < 4.78 is 5.17.